The Bertz CT molecular complexity index is 853. The summed E-state index contributed by atoms with van der Waals surface area (Å²) in [5, 5.41) is 26.1. The Morgan fingerprint density at radius 2 is 2.29 bits per heavy atom. The molecule has 3 fully saturated rings. The average Bonchev–Trinajstić information content (AvgIpc) is 3.05. The Labute approximate surface area is 166 Å². The fourth-order valence-corrected chi connectivity index (χ4v) is 7.94. The van der Waals surface area contributed by atoms with E-state index in [1.165, 1.54) is 4.90 Å². The fourth-order valence-electron chi connectivity index (χ4n) is 7.94. The number of aliphatic imine (C=N–C) groups is 1. The first-order chi connectivity index (χ1) is 13.4. The van der Waals surface area contributed by atoms with Gasteiger partial charge >= 0.3 is 0 Å². The first-order valence-corrected chi connectivity index (χ1v) is 10.6. The van der Waals surface area contributed by atoms with E-state index in [-0.39, 0.29) is 16.4 Å². The van der Waals surface area contributed by atoms with Crippen molar-refractivity contribution in [2.45, 2.75) is 45.1 Å². The molecule has 6 heteroatoms. The lowest BCUT2D eigenvalue weighted by Crippen LogP contribution is -3.19. The molecule has 0 radical (unpaired) electrons. The van der Waals surface area contributed by atoms with Gasteiger partial charge in [-0.05, 0) is 43.9 Å². The van der Waals surface area contributed by atoms with E-state index >= 15 is 0 Å². The summed E-state index contributed by atoms with van der Waals surface area (Å²) in [6.07, 6.45) is 3.54. The molecule has 5 aliphatic rings. The summed E-state index contributed by atoms with van der Waals surface area (Å²) in [6.45, 7) is 4.84. The van der Waals surface area contributed by atoms with Gasteiger partial charge in [0.1, 0.15) is 0 Å². The van der Waals surface area contributed by atoms with Crippen LogP contribution in [0.4, 0.5) is 0 Å². The molecular weight excluding hydrogens is 354 g/mol. The summed E-state index contributed by atoms with van der Waals surface area (Å²) < 4.78 is 0. The molecule has 0 aromatic heterocycles. The Morgan fingerprint density at radius 1 is 1.46 bits per heavy atom. The highest BCUT2D eigenvalue weighted by molar-refractivity contribution is 5.88. The second-order valence-electron chi connectivity index (χ2n) is 9.46. The van der Waals surface area contributed by atoms with Gasteiger partial charge in [0.2, 0.25) is 0 Å². The fraction of sp³-hybridized carbons (Fsp3) is 0.727. The van der Waals surface area contributed by atoms with Crippen molar-refractivity contribution in [2.24, 2.45) is 33.6 Å². The van der Waals surface area contributed by atoms with Gasteiger partial charge in [-0.2, -0.15) is 0 Å². The Kier molecular flexibility index (Phi) is 3.95. The van der Waals surface area contributed by atoms with Crippen molar-refractivity contribution in [3.05, 3.63) is 11.1 Å². The number of fused-ring (bicyclic) bond motifs is 1. The van der Waals surface area contributed by atoms with E-state index in [1.807, 2.05) is 7.05 Å². The highest BCUT2D eigenvalue weighted by Gasteiger charge is 2.73. The van der Waals surface area contributed by atoms with E-state index in [0.717, 1.165) is 50.3 Å². The SMILES string of the molecule is CN=C1NCC#C[C@@H]2C[C@@H](C)[C@@]34C[C@H](O)C(C(=O)[O-])=C3C[C@@H]2[C@]42CCC[NH+]1C2. The zero-order chi connectivity index (χ0) is 19.7. The molecule has 1 unspecified atom stereocenters. The molecule has 150 valence electrons. The summed E-state index contributed by atoms with van der Waals surface area (Å²) in [5.41, 5.74) is 0.908. The molecule has 5 bridgehead atoms. The maximum absolute atomic E-state index is 12.0. The molecule has 6 nitrogen and oxygen atoms in total. The van der Waals surface area contributed by atoms with Crippen molar-refractivity contribution in [3.8, 4) is 11.8 Å². The van der Waals surface area contributed by atoms with Gasteiger partial charge in [-0.25, -0.2) is 4.99 Å². The molecule has 7 atom stereocenters. The third kappa shape index (κ3) is 2.07. The van der Waals surface area contributed by atoms with Gasteiger partial charge in [0.05, 0.1) is 31.7 Å². The van der Waals surface area contributed by atoms with Crippen LogP contribution in [-0.4, -0.2) is 49.8 Å². The average molecular weight is 383 g/mol. The van der Waals surface area contributed by atoms with Gasteiger partial charge in [-0.3, -0.25) is 4.90 Å². The lowest BCUT2D eigenvalue weighted by molar-refractivity contribution is -0.827. The van der Waals surface area contributed by atoms with Gasteiger partial charge in [0, 0.05) is 29.4 Å². The van der Waals surface area contributed by atoms with Crippen LogP contribution < -0.4 is 15.3 Å². The molecule has 3 N–H and O–H groups in total. The van der Waals surface area contributed by atoms with E-state index in [0.29, 0.717) is 30.7 Å². The number of nitrogens with zero attached hydrogens (tertiary/aromatic N) is 1. The van der Waals surface area contributed by atoms with Gasteiger partial charge in [-0.1, -0.05) is 24.3 Å². The van der Waals surface area contributed by atoms with E-state index < -0.39 is 12.1 Å². The van der Waals surface area contributed by atoms with E-state index in [4.69, 9.17) is 0 Å². The topological polar surface area (TPSA) is 89.2 Å². The van der Waals surface area contributed by atoms with Crippen LogP contribution in [0, 0.1) is 40.4 Å². The Morgan fingerprint density at radius 3 is 3.04 bits per heavy atom. The number of aliphatic hydroxyl groups excluding tert-OH is 1. The minimum Gasteiger partial charge on any atom is -0.545 e. The standard InChI is InChI=1S/C22H29N3O3/c1-13-9-14-5-3-7-24-20(23-2)25-8-4-6-21(12-25)15(14)10-16-18(19(27)28)17(26)11-22(13,16)21/h13-15,17,26H,4,6-12H2,1-2H3,(H,23,24)(H,27,28)/t13-,14-,15+,17+,21-,22+/m1/s1. The lowest BCUT2D eigenvalue weighted by Gasteiger charge is -2.58. The third-order valence-corrected chi connectivity index (χ3v) is 8.71. The molecule has 0 amide bonds. The number of piperidine rings is 1. The molecule has 28 heavy (non-hydrogen) atoms. The number of quaternary nitrogens is 1. The quantitative estimate of drug-likeness (QED) is 0.492. The Balaban J connectivity index is 1.74. The largest absolute Gasteiger partial charge is 0.545 e. The van der Waals surface area contributed by atoms with Crippen molar-refractivity contribution >= 4 is 11.9 Å². The predicted molar refractivity (Wildman–Crippen MR) is 102 cm³/mol. The lowest BCUT2D eigenvalue weighted by atomic mass is 9.47. The maximum atomic E-state index is 12.0. The zero-order valence-electron chi connectivity index (χ0n) is 16.7. The molecule has 2 heterocycles. The highest BCUT2D eigenvalue weighted by Crippen LogP contribution is 2.75. The van der Waals surface area contributed by atoms with Crippen LogP contribution in [0.25, 0.3) is 0 Å². The normalized spacial score (nSPS) is 47.8. The number of hydrogen-bond acceptors (Lipinski definition) is 4. The number of carboxylic acid groups (broad SMARTS) is 1. The summed E-state index contributed by atoms with van der Waals surface area (Å²) in [4.78, 5) is 17.8. The monoisotopic (exact) mass is 383 g/mol. The van der Waals surface area contributed by atoms with Crippen molar-refractivity contribution in [3.63, 3.8) is 0 Å². The summed E-state index contributed by atoms with van der Waals surface area (Å²) in [7, 11) is 1.83. The molecule has 2 spiro atoms. The predicted octanol–water partition coefficient (Wildman–Crippen LogP) is -1.28. The molecule has 1 saturated heterocycles. The van der Waals surface area contributed by atoms with Crippen LogP contribution in [0.5, 0.6) is 0 Å². The minimum absolute atomic E-state index is 0.0277. The molecule has 3 aliphatic carbocycles. The van der Waals surface area contributed by atoms with Crippen molar-refractivity contribution in [1.82, 2.24) is 5.32 Å². The molecule has 0 aromatic carbocycles. The number of nitrogens with one attached hydrogen (secondary N) is 2. The van der Waals surface area contributed by atoms with Crippen LogP contribution >= 0.6 is 0 Å². The summed E-state index contributed by atoms with van der Waals surface area (Å²) >= 11 is 0. The van der Waals surface area contributed by atoms with E-state index in [2.05, 4.69) is 29.1 Å². The number of hydrogen-bond donors (Lipinski definition) is 3. The second kappa shape index (κ2) is 6.08. The van der Waals surface area contributed by atoms with Crippen LogP contribution in [-0.2, 0) is 4.79 Å². The smallest absolute Gasteiger partial charge is 0.296 e. The van der Waals surface area contributed by atoms with E-state index in [1.54, 1.807) is 0 Å². The molecule has 2 aliphatic heterocycles. The first kappa shape index (κ1) is 18.2. The number of aliphatic hydroxyl groups is 1. The van der Waals surface area contributed by atoms with E-state index in [9.17, 15) is 15.0 Å². The second-order valence-corrected chi connectivity index (χ2v) is 9.46. The number of allylic oxidation sites excluding steroid dienone is 1. The zero-order valence-corrected chi connectivity index (χ0v) is 16.7. The molecule has 2 saturated carbocycles. The third-order valence-electron chi connectivity index (χ3n) is 8.71. The van der Waals surface area contributed by atoms with Crippen molar-refractivity contribution in [1.29, 1.82) is 0 Å². The van der Waals surface area contributed by atoms with Gasteiger partial charge in [0.25, 0.3) is 5.96 Å². The number of aliphatic carboxylic acids is 1. The molecular formula is C22H29N3O3. The minimum atomic E-state index is -1.18. The number of carbonyl (C=O) groups excluding carboxylic acids is 1. The first-order valence-electron chi connectivity index (χ1n) is 10.6. The van der Waals surface area contributed by atoms with Gasteiger partial charge in [0.15, 0.2) is 0 Å². The molecule has 0 aromatic rings. The number of guanidine groups is 1. The van der Waals surface area contributed by atoms with Crippen molar-refractivity contribution < 1.29 is 19.9 Å². The van der Waals surface area contributed by atoms with Gasteiger partial charge < -0.3 is 20.3 Å². The summed E-state index contributed by atoms with van der Waals surface area (Å²) in [5.74, 6) is 7.60. The molecule has 5 rings (SSSR count). The van der Waals surface area contributed by atoms with Crippen molar-refractivity contribution in [2.75, 3.05) is 26.7 Å². The van der Waals surface area contributed by atoms with Crippen LogP contribution in [0.1, 0.15) is 39.0 Å². The number of carboxylic acids is 1. The van der Waals surface area contributed by atoms with Gasteiger partial charge in [-0.15, -0.1) is 0 Å². The maximum Gasteiger partial charge on any atom is 0.296 e. The number of carbonyl (C=O) groups is 1. The highest BCUT2D eigenvalue weighted by atomic mass is 16.4. The Hall–Kier alpha value is -1.84. The van der Waals surface area contributed by atoms with Crippen LogP contribution in [0.3, 0.4) is 0 Å². The summed E-state index contributed by atoms with van der Waals surface area (Å²) in [6, 6.07) is 0. The van der Waals surface area contributed by atoms with Crippen LogP contribution in [0.15, 0.2) is 16.1 Å². The van der Waals surface area contributed by atoms with Crippen LogP contribution in [0.2, 0.25) is 0 Å². The number of rotatable bonds is 1.